The van der Waals surface area contributed by atoms with Gasteiger partial charge in [0.1, 0.15) is 27.8 Å². The van der Waals surface area contributed by atoms with Crippen molar-refractivity contribution in [2.75, 3.05) is 25.3 Å². The molecule has 1 amide bonds. The van der Waals surface area contributed by atoms with Crippen molar-refractivity contribution < 1.29 is 47.0 Å². The maximum atomic E-state index is 13.2. The number of phenolic OH excluding ortho intramolecular Hbond substituents is 1. The normalized spacial score (nSPS) is 11.7. The molecule has 0 aromatic heterocycles. The van der Waals surface area contributed by atoms with Crippen molar-refractivity contribution in [2.45, 2.75) is 9.79 Å². The third-order valence-electron chi connectivity index (χ3n) is 5.80. The number of nitrogen functional groups attached to an aromatic ring is 1. The van der Waals surface area contributed by atoms with Gasteiger partial charge in [0.15, 0.2) is 5.75 Å². The van der Waals surface area contributed by atoms with Crippen molar-refractivity contribution in [1.82, 2.24) is 0 Å². The molecule has 0 saturated carbocycles. The van der Waals surface area contributed by atoms with Crippen molar-refractivity contribution >= 4 is 84.8 Å². The van der Waals surface area contributed by atoms with Gasteiger partial charge < -0.3 is 25.6 Å². The van der Waals surface area contributed by atoms with Gasteiger partial charge in [0.05, 0.1) is 53.2 Å². The lowest BCUT2D eigenvalue weighted by Crippen LogP contribution is -2.13. The molecule has 4 aromatic carbocycles. The molecule has 43 heavy (non-hydrogen) atoms. The number of halogens is 2. The highest BCUT2D eigenvalue weighted by atomic mass is 35.5. The van der Waals surface area contributed by atoms with Gasteiger partial charge in [-0.3, -0.25) is 9.35 Å². The number of rotatable bonds is 10. The zero-order chi connectivity index (χ0) is 31.5. The van der Waals surface area contributed by atoms with Gasteiger partial charge in [-0.15, -0.1) is 14.6 Å². The third kappa shape index (κ3) is 6.87. The summed E-state index contributed by atoms with van der Waals surface area (Å²) in [7, 11) is -2.32. The number of amides is 1. The van der Waals surface area contributed by atoms with E-state index in [9.17, 15) is 22.9 Å². The first-order chi connectivity index (χ1) is 20.4. The summed E-state index contributed by atoms with van der Waals surface area (Å²) >= 11 is 12.7. The van der Waals surface area contributed by atoms with E-state index in [0.29, 0.717) is 12.0 Å². The average molecular weight is 671 g/mol. The molecule has 6 N–H and O–H groups in total. The molecule has 0 aliphatic carbocycles. The molecule has 4 aromatic rings. The number of hydrogen-bond donors (Lipinski definition) is 5. The summed E-state index contributed by atoms with van der Waals surface area (Å²) in [5, 5.41) is 34.0. The van der Waals surface area contributed by atoms with Crippen LogP contribution in [-0.2, 0) is 19.5 Å². The van der Waals surface area contributed by atoms with Crippen LogP contribution in [0.4, 0.5) is 22.7 Å². The lowest BCUT2D eigenvalue weighted by molar-refractivity contribution is -0.432. The number of anilines is 2. The number of fused-ring (bicyclic) bond motifs is 1. The molecule has 0 fully saturated rings. The van der Waals surface area contributed by atoms with E-state index in [1.165, 1.54) is 56.7 Å². The van der Waals surface area contributed by atoms with Crippen LogP contribution in [0.1, 0.15) is 10.4 Å². The van der Waals surface area contributed by atoms with Crippen molar-refractivity contribution in [3.05, 3.63) is 64.1 Å². The largest absolute Gasteiger partial charge is 0.505 e. The monoisotopic (exact) mass is 670 g/mol. The van der Waals surface area contributed by atoms with Crippen LogP contribution >= 0.6 is 35.2 Å². The number of aromatic hydroxyl groups is 1. The van der Waals surface area contributed by atoms with Crippen LogP contribution in [0.5, 0.6) is 17.2 Å². The quantitative estimate of drug-likeness (QED) is 0.0294. The molecular weight excluding hydrogens is 651 g/mol. The molecule has 0 heterocycles. The smallest absolute Gasteiger partial charge is 0.296 e. The van der Waals surface area contributed by atoms with Crippen LogP contribution in [0, 0.1) is 0 Å². The predicted molar refractivity (Wildman–Crippen MR) is 159 cm³/mol. The molecule has 0 saturated heterocycles. The summed E-state index contributed by atoms with van der Waals surface area (Å²) in [6, 6.07) is 10.7. The van der Waals surface area contributed by atoms with E-state index in [1.807, 2.05) is 0 Å². The molecule has 0 spiro atoms. The molecular formula is C25H20Cl2N4O10S2. The molecule has 226 valence electrons. The standard InChI is InChI=1S/C25H20Cl2N4O10S2/c1-38-18-10-16(19(39-2)9-15(18)28)30-31-23-20(43(35,36)37)7-11-6-12(42-41-40-34)8-17(21(11)24(23)32)29-25(33)13-4-3-5-14(26)22(13)27/h3-10,32,34H,28H2,1-2H3,(H,29,33)(H,35,36,37). The van der Waals surface area contributed by atoms with E-state index in [-0.39, 0.29) is 59.8 Å². The Kier molecular flexibility index (Phi) is 9.83. The van der Waals surface area contributed by atoms with Gasteiger partial charge in [0.25, 0.3) is 16.0 Å². The summed E-state index contributed by atoms with van der Waals surface area (Å²) in [6.45, 7) is 0. The minimum absolute atomic E-state index is 0.0187. The Hall–Kier alpha value is -3.87. The maximum absolute atomic E-state index is 13.2. The van der Waals surface area contributed by atoms with Crippen LogP contribution < -0.4 is 20.5 Å². The zero-order valence-electron chi connectivity index (χ0n) is 21.9. The highest BCUT2D eigenvalue weighted by Crippen LogP contribution is 2.47. The van der Waals surface area contributed by atoms with Crippen LogP contribution in [0.2, 0.25) is 10.0 Å². The Morgan fingerprint density at radius 3 is 2.42 bits per heavy atom. The second-order valence-corrected chi connectivity index (χ2v) is 11.3. The first kappa shape index (κ1) is 32.1. The number of nitrogens with one attached hydrogen (secondary N) is 1. The predicted octanol–water partition coefficient (Wildman–Crippen LogP) is 6.79. The Bertz CT molecular complexity index is 1870. The fraction of sp³-hybridized carbons (Fsp3) is 0.0800. The van der Waals surface area contributed by atoms with E-state index in [1.54, 1.807) is 0 Å². The number of phenols is 1. The highest BCUT2D eigenvalue weighted by molar-refractivity contribution is 7.94. The SMILES string of the molecule is COc1cc(N=Nc2c(S(=O)(=O)O)cc3cc(SOOO)cc(NC(=O)c4cccc(Cl)c4Cl)c3c2O)c(OC)cc1N. The van der Waals surface area contributed by atoms with E-state index < -0.39 is 32.4 Å². The number of nitrogens with two attached hydrogens (primary N) is 1. The second kappa shape index (κ2) is 13.2. The number of ether oxygens (including phenoxy) is 2. The minimum Gasteiger partial charge on any atom is -0.505 e. The average Bonchev–Trinajstić information content (AvgIpc) is 2.96. The highest BCUT2D eigenvalue weighted by Gasteiger charge is 2.25. The minimum atomic E-state index is -5.02. The lowest BCUT2D eigenvalue weighted by atomic mass is 10.1. The van der Waals surface area contributed by atoms with Crippen LogP contribution in [0.25, 0.3) is 10.8 Å². The van der Waals surface area contributed by atoms with Crippen molar-refractivity contribution in [3.8, 4) is 17.2 Å². The van der Waals surface area contributed by atoms with Crippen LogP contribution in [0.15, 0.2) is 68.6 Å². The molecule has 0 radical (unpaired) electrons. The molecule has 0 unspecified atom stereocenters. The van der Waals surface area contributed by atoms with Crippen molar-refractivity contribution in [3.63, 3.8) is 0 Å². The van der Waals surface area contributed by atoms with Gasteiger partial charge in [0, 0.05) is 22.4 Å². The molecule has 14 nitrogen and oxygen atoms in total. The molecule has 0 aliphatic rings. The topological polar surface area (TPSA) is 212 Å². The van der Waals surface area contributed by atoms with Crippen LogP contribution in [0.3, 0.4) is 0 Å². The van der Waals surface area contributed by atoms with Crippen LogP contribution in [-0.4, -0.2) is 43.5 Å². The Labute approximate surface area is 257 Å². The van der Waals surface area contributed by atoms with Gasteiger partial charge in [-0.2, -0.15) is 8.42 Å². The van der Waals surface area contributed by atoms with Crippen molar-refractivity contribution in [2.24, 2.45) is 10.2 Å². The number of methoxy groups -OCH3 is 2. The van der Waals surface area contributed by atoms with E-state index >= 15 is 0 Å². The Morgan fingerprint density at radius 1 is 1.05 bits per heavy atom. The second-order valence-electron chi connectivity index (χ2n) is 8.36. The number of azo groups is 1. The molecule has 18 heteroatoms. The summed E-state index contributed by atoms with van der Waals surface area (Å²) in [5.41, 5.74) is 5.36. The Morgan fingerprint density at radius 2 is 1.77 bits per heavy atom. The summed E-state index contributed by atoms with van der Waals surface area (Å²) in [5.74, 6) is -1.21. The maximum Gasteiger partial charge on any atom is 0.296 e. The van der Waals surface area contributed by atoms with Gasteiger partial charge in [-0.05, 0) is 35.7 Å². The summed E-state index contributed by atoms with van der Waals surface area (Å²) in [4.78, 5) is 12.5. The molecule has 4 rings (SSSR count). The number of carbonyl (C=O) groups excluding carboxylic acids is 1. The number of benzene rings is 4. The number of hydrogen-bond acceptors (Lipinski definition) is 13. The van der Waals surface area contributed by atoms with Gasteiger partial charge in [-0.25, -0.2) is 5.26 Å². The Balaban J connectivity index is 1.97. The third-order valence-corrected chi connectivity index (χ3v) is 8.04. The van der Waals surface area contributed by atoms with Gasteiger partial charge in [-0.1, -0.05) is 34.3 Å². The van der Waals surface area contributed by atoms with E-state index in [0.717, 1.165) is 6.07 Å². The van der Waals surface area contributed by atoms with Gasteiger partial charge >= 0.3 is 0 Å². The first-order valence-electron chi connectivity index (χ1n) is 11.5. The lowest BCUT2D eigenvalue weighted by Gasteiger charge is -2.15. The molecule has 0 atom stereocenters. The number of nitrogens with zero attached hydrogens (tertiary/aromatic N) is 2. The first-order valence-corrected chi connectivity index (χ1v) is 14.5. The summed E-state index contributed by atoms with van der Waals surface area (Å²) in [6.07, 6.45) is 0. The molecule has 0 aliphatic heterocycles. The van der Waals surface area contributed by atoms with E-state index in [2.05, 4.69) is 24.9 Å². The molecule has 0 bridgehead atoms. The zero-order valence-corrected chi connectivity index (χ0v) is 25.0. The fourth-order valence-corrected chi connectivity index (χ4v) is 5.40. The number of carbonyl (C=O) groups is 1. The summed E-state index contributed by atoms with van der Waals surface area (Å²) < 4.78 is 49.7. The van der Waals surface area contributed by atoms with Gasteiger partial charge in [0.2, 0.25) is 0 Å². The van der Waals surface area contributed by atoms with E-state index in [4.69, 9.17) is 43.7 Å². The van der Waals surface area contributed by atoms with Crippen molar-refractivity contribution in [1.29, 1.82) is 0 Å². The fourth-order valence-electron chi connectivity index (χ4n) is 3.91.